The van der Waals surface area contributed by atoms with Crippen LogP contribution < -0.4 is 14.4 Å². The molecule has 1 aliphatic heterocycles. The summed E-state index contributed by atoms with van der Waals surface area (Å²) in [6, 6.07) is 16.4. The predicted octanol–water partition coefficient (Wildman–Crippen LogP) is 6.22. The maximum absolute atomic E-state index is 13.7. The molecule has 1 atom stereocenters. The smallest absolute Gasteiger partial charge is 0.264 e. The van der Waals surface area contributed by atoms with Crippen LogP contribution in [0.3, 0.4) is 0 Å². The number of benzene rings is 3. The highest BCUT2D eigenvalue weighted by Crippen LogP contribution is 2.40. The number of aryl methyl sites for hydroxylation is 2. The molecule has 0 fully saturated rings. The van der Waals surface area contributed by atoms with Crippen molar-refractivity contribution in [2.75, 3.05) is 10.8 Å². The zero-order valence-electron chi connectivity index (χ0n) is 20.5. The molecule has 1 heterocycles. The largest absolute Gasteiger partial charge is 0.487 e. The lowest BCUT2D eigenvalue weighted by atomic mass is 9.89. The Morgan fingerprint density at radius 1 is 1.00 bits per heavy atom. The number of halogens is 2. The van der Waals surface area contributed by atoms with Crippen LogP contribution in [0.4, 0.5) is 5.69 Å². The van der Waals surface area contributed by atoms with Gasteiger partial charge in [-0.05, 0) is 69.7 Å². The Balaban J connectivity index is 1.68. The summed E-state index contributed by atoms with van der Waals surface area (Å²) in [6.07, 6.45) is 0.530. The zero-order chi connectivity index (χ0) is 26.3. The molecule has 0 aromatic heterocycles. The Hall–Kier alpha value is -2.74. The number of carbonyl (C=O) groups excluding carboxylic acids is 1. The number of carbonyl (C=O) groups is 1. The number of ether oxygens (including phenoxy) is 1. The Morgan fingerprint density at radius 3 is 2.25 bits per heavy atom. The van der Waals surface area contributed by atoms with Crippen LogP contribution in [0.15, 0.2) is 65.6 Å². The first-order chi connectivity index (χ1) is 16.8. The van der Waals surface area contributed by atoms with Gasteiger partial charge in [-0.25, -0.2) is 8.42 Å². The molecule has 0 bridgehead atoms. The van der Waals surface area contributed by atoms with Crippen molar-refractivity contribution in [3.05, 3.63) is 87.4 Å². The first-order valence-electron chi connectivity index (χ1n) is 11.5. The van der Waals surface area contributed by atoms with Crippen LogP contribution in [0, 0.1) is 13.8 Å². The first-order valence-corrected chi connectivity index (χ1v) is 13.7. The van der Waals surface area contributed by atoms with Crippen LogP contribution in [0.1, 0.15) is 43.0 Å². The van der Waals surface area contributed by atoms with Crippen molar-refractivity contribution >= 4 is 44.8 Å². The predicted molar refractivity (Wildman–Crippen MR) is 144 cm³/mol. The summed E-state index contributed by atoms with van der Waals surface area (Å²) in [5, 5.41) is 3.54. The van der Waals surface area contributed by atoms with Crippen molar-refractivity contribution < 1.29 is 17.9 Å². The minimum Gasteiger partial charge on any atom is -0.487 e. The van der Waals surface area contributed by atoms with E-state index >= 15 is 0 Å². The molecule has 0 aliphatic carbocycles. The van der Waals surface area contributed by atoms with Crippen LogP contribution in [0.2, 0.25) is 10.0 Å². The fourth-order valence-corrected chi connectivity index (χ4v) is 6.21. The molecule has 1 N–H and O–H groups in total. The summed E-state index contributed by atoms with van der Waals surface area (Å²) in [5.74, 6) is 0.248. The summed E-state index contributed by atoms with van der Waals surface area (Å²) in [7, 11) is -4.10. The number of nitrogens with zero attached hydrogens (tertiary/aromatic N) is 1. The molecule has 6 nitrogen and oxygen atoms in total. The third kappa shape index (κ3) is 5.80. The molecular weight excluding hydrogens is 519 g/mol. The second-order valence-electron chi connectivity index (χ2n) is 9.68. The van der Waals surface area contributed by atoms with E-state index in [1.165, 1.54) is 30.3 Å². The van der Waals surface area contributed by atoms with Crippen molar-refractivity contribution in [1.29, 1.82) is 0 Å². The molecule has 1 unspecified atom stereocenters. The van der Waals surface area contributed by atoms with Crippen molar-refractivity contribution in [2.45, 2.75) is 50.7 Å². The van der Waals surface area contributed by atoms with E-state index in [1.54, 1.807) is 12.1 Å². The summed E-state index contributed by atoms with van der Waals surface area (Å²) in [4.78, 5) is 13.4. The second-order valence-corrected chi connectivity index (χ2v) is 12.4. The Labute approximate surface area is 222 Å². The fraction of sp³-hybridized carbons (Fsp3) is 0.296. The molecule has 3 aromatic carbocycles. The van der Waals surface area contributed by atoms with Gasteiger partial charge in [0.2, 0.25) is 5.91 Å². The SMILES string of the molecule is Cc1ccc(S(=O)(=O)N(CC(=O)NC2CC(C)(C)Oc3cc(C)ccc32)c2cc(Cl)cc(Cl)c2)cc1. The number of amides is 1. The molecule has 3 aromatic rings. The maximum atomic E-state index is 13.7. The van der Waals surface area contributed by atoms with Gasteiger partial charge in [0.15, 0.2) is 0 Å². The summed E-state index contributed by atoms with van der Waals surface area (Å²) in [5.41, 5.74) is 2.51. The minimum atomic E-state index is -4.10. The van der Waals surface area contributed by atoms with Gasteiger partial charge in [0.05, 0.1) is 16.6 Å². The molecule has 36 heavy (non-hydrogen) atoms. The number of rotatable bonds is 6. The Bertz CT molecular complexity index is 1390. The van der Waals surface area contributed by atoms with E-state index in [9.17, 15) is 13.2 Å². The van der Waals surface area contributed by atoms with Gasteiger partial charge in [0, 0.05) is 22.0 Å². The molecule has 4 rings (SSSR count). The lowest BCUT2D eigenvalue weighted by Crippen LogP contribution is -2.45. The lowest BCUT2D eigenvalue weighted by molar-refractivity contribution is -0.120. The van der Waals surface area contributed by atoms with Gasteiger partial charge in [-0.15, -0.1) is 0 Å². The average molecular weight is 548 g/mol. The molecule has 0 saturated carbocycles. The van der Waals surface area contributed by atoms with Crippen molar-refractivity contribution in [2.24, 2.45) is 0 Å². The standard InChI is InChI=1S/C27H28Cl2N2O4S/c1-17-5-8-22(9-6-17)36(33,34)31(21-13-19(28)12-20(29)14-21)16-26(32)30-24-15-27(3,4)35-25-11-18(2)7-10-23(24)25/h5-14,24H,15-16H2,1-4H3,(H,30,32). The number of hydrogen-bond acceptors (Lipinski definition) is 4. The van der Waals surface area contributed by atoms with Gasteiger partial charge in [-0.2, -0.15) is 0 Å². The van der Waals surface area contributed by atoms with Gasteiger partial charge in [-0.1, -0.05) is 53.0 Å². The summed E-state index contributed by atoms with van der Waals surface area (Å²) in [6.45, 7) is 7.31. The van der Waals surface area contributed by atoms with Gasteiger partial charge < -0.3 is 10.1 Å². The second kappa shape index (κ2) is 9.96. The number of fused-ring (bicyclic) bond motifs is 1. The van der Waals surface area contributed by atoms with E-state index in [0.717, 1.165) is 21.0 Å². The molecule has 9 heteroatoms. The van der Waals surface area contributed by atoms with Crippen LogP contribution in [0.25, 0.3) is 0 Å². The Kier molecular flexibility index (Phi) is 7.28. The fourth-order valence-electron chi connectivity index (χ4n) is 4.29. The van der Waals surface area contributed by atoms with Gasteiger partial charge in [0.1, 0.15) is 17.9 Å². The van der Waals surface area contributed by atoms with Gasteiger partial charge >= 0.3 is 0 Å². The molecule has 1 amide bonds. The summed E-state index contributed by atoms with van der Waals surface area (Å²) >= 11 is 12.4. The monoisotopic (exact) mass is 546 g/mol. The molecular formula is C27H28Cl2N2O4S. The number of sulfonamides is 1. The summed E-state index contributed by atoms with van der Waals surface area (Å²) < 4.78 is 34.5. The number of anilines is 1. The van der Waals surface area contributed by atoms with Gasteiger partial charge in [-0.3, -0.25) is 9.10 Å². The van der Waals surface area contributed by atoms with E-state index in [2.05, 4.69) is 5.32 Å². The highest BCUT2D eigenvalue weighted by Gasteiger charge is 2.35. The molecule has 1 aliphatic rings. The third-order valence-corrected chi connectivity index (χ3v) is 8.22. The van der Waals surface area contributed by atoms with E-state index < -0.39 is 28.1 Å². The number of nitrogens with one attached hydrogen (secondary N) is 1. The maximum Gasteiger partial charge on any atom is 0.264 e. The minimum absolute atomic E-state index is 0.0602. The average Bonchev–Trinajstić information content (AvgIpc) is 2.76. The molecule has 190 valence electrons. The topological polar surface area (TPSA) is 75.7 Å². The quantitative estimate of drug-likeness (QED) is 0.398. The van der Waals surface area contributed by atoms with Crippen molar-refractivity contribution in [3.63, 3.8) is 0 Å². The van der Waals surface area contributed by atoms with E-state index in [-0.39, 0.29) is 26.7 Å². The third-order valence-electron chi connectivity index (χ3n) is 5.99. The number of hydrogen-bond donors (Lipinski definition) is 1. The van der Waals surface area contributed by atoms with E-state index in [0.29, 0.717) is 12.2 Å². The van der Waals surface area contributed by atoms with E-state index in [4.69, 9.17) is 27.9 Å². The Morgan fingerprint density at radius 2 is 1.61 bits per heavy atom. The molecule has 0 radical (unpaired) electrons. The lowest BCUT2D eigenvalue weighted by Gasteiger charge is -2.38. The van der Waals surface area contributed by atoms with Gasteiger partial charge in [0.25, 0.3) is 10.0 Å². The van der Waals surface area contributed by atoms with Crippen LogP contribution in [0.5, 0.6) is 5.75 Å². The van der Waals surface area contributed by atoms with Crippen LogP contribution in [-0.2, 0) is 14.8 Å². The van der Waals surface area contributed by atoms with Crippen molar-refractivity contribution in [1.82, 2.24) is 5.32 Å². The van der Waals surface area contributed by atoms with Crippen LogP contribution in [-0.4, -0.2) is 26.5 Å². The zero-order valence-corrected chi connectivity index (χ0v) is 22.8. The molecule has 0 saturated heterocycles. The highest BCUT2D eigenvalue weighted by atomic mass is 35.5. The normalized spacial score (nSPS) is 16.6. The van der Waals surface area contributed by atoms with E-state index in [1.807, 2.05) is 45.9 Å². The van der Waals surface area contributed by atoms with Crippen molar-refractivity contribution in [3.8, 4) is 5.75 Å². The molecule has 0 spiro atoms. The van der Waals surface area contributed by atoms with Crippen LogP contribution >= 0.6 is 23.2 Å². The highest BCUT2D eigenvalue weighted by molar-refractivity contribution is 7.92. The first kappa shape index (κ1) is 26.3.